The quantitative estimate of drug-likeness (QED) is 0.897. The van der Waals surface area contributed by atoms with E-state index in [1.807, 2.05) is 4.90 Å². The molecule has 1 saturated carbocycles. The Bertz CT molecular complexity index is 595. The normalized spacial score (nSPS) is 22.1. The maximum atomic E-state index is 12.8. The third-order valence-corrected chi connectivity index (χ3v) is 4.90. The maximum Gasteiger partial charge on any atom is 0.255 e. The molecule has 0 aromatic heterocycles. The first kappa shape index (κ1) is 14.8. The van der Waals surface area contributed by atoms with Crippen LogP contribution in [0, 0.1) is 5.92 Å². The predicted molar refractivity (Wildman–Crippen MR) is 80.2 cm³/mol. The molecule has 0 bridgehead atoms. The summed E-state index contributed by atoms with van der Waals surface area (Å²) in [5.41, 5.74) is 0.293. The van der Waals surface area contributed by atoms with Crippen LogP contribution in [0.1, 0.15) is 48.2 Å². The number of amides is 1. The minimum absolute atomic E-state index is 0.0650. The van der Waals surface area contributed by atoms with E-state index in [0.29, 0.717) is 28.6 Å². The topological polar surface area (TPSA) is 60.8 Å². The van der Waals surface area contributed by atoms with Gasteiger partial charge in [0.05, 0.1) is 12.2 Å². The van der Waals surface area contributed by atoms with Gasteiger partial charge in [0.2, 0.25) is 0 Å². The van der Waals surface area contributed by atoms with Crippen molar-refractivity contribution in [1.29, 1.82) is 0 Å². The van der Waals surface area contributed by atoms with Gasteiger partial charge in [-0.15, -0.1) is 0 Å². The van der Waals surface area contributed by atoms with Gasteiger partial charge < -0.3 is 15.1 Å². The second kappa shape index (κ2) is 4.97. The number of nitrogens with zero attached hydrogens (tertiary/aromatic N) is 1. The fraction of sp³-hybridized carbons (Fsp3) is 0.562. The molecule has 1 aliphatic heterocycles. The molecule has 2 aliphatic rings. The summed E-state index contributed by atoms with van der Waals surface area (Å²) in [7, 11) is 0. The number of hydrogen-bond acceptors (Lipinski definition) is 3. The van der Waals surface area contributed by atoms with Crippen molar-refractivity contribution in [3.8, 4) is 0 Å². The van der Waals surface area contributed by atoms with Gasteiger partial charge in [0.1, 0.15) is 5.60 Å². The zero-order valence-corrected chi connectivity index (χ0v) is 13.0. The number of carbonyl (C=O) groups is 1. The number of carbonyl (C=O) groups excluding carboxylic acids is 1. The fourth-order valence-electron chi connectivity index (χ4n) is 3.11. The lowest BCUT2D eigenvalue weighted by molar-refractivity contribution is -0.00305. The third-order valence-electron chi connectivity index (χ3n) is 4.68. The number of hydrogen-bond donors (Lipinski definition) is 2. The Hall–Kier alpha value is -1.10. The van der Waals surface area contributed by atoms with Crippen molar-refractivity contribution < 1.29 is 15.0 Å². The number of benzene rings is 1. The lowest BCUT2D eigenvalue weighted by Gasteiger charge is -2.25. The molecule has 1 heterocycles. The van der Waals surface area contributed by atoms with E-state index >= 15 is 0 Å². The van der Waals surface area contributed by atoms with Crippen LogP contribution in [-0.4, -0.2) is 33.7 Å². The Morgan fingerprint density at radius 3 is 2.71 bits per heavy atom. The van der Waals surface area contributed by atoms with Crippen LogP contribution >= 0.6 is 11.6 Å². The van der Waals surface area contributed by atoms with Gasteiger partial charge in [-0.2, -0.15) is 0 Å². The summed E-state index contributed by atoms with van der Waals surface area (Å²) in [5, 5.41) is 20.3. The highest BCUT2D eigenvalue weighted by molar-refractivity contribution is 6.31. The van der Waals surface area contributed by atoms with Crippen LogP contribution in [-0.2, 0) is 12.1 Å². The largest absolute Gasteiger partial charge is 0.393 e. The SMILES string of the molecule is C[C@@H](C1CC1)N1Cc2cc(Cl)cc(C(C)(O)CO)c2C1=O. The Morgan fingerprint density at radius 2 is 2.14 bits per heavy atom. The summed E-state index contributed by atoms with van der Waals surface area (Å²) >= 11 is 6.12. The first-order valence-corrected chi connectivity index (χ1v) is 7.70. The average Bonchev–Trinajstić information content (AvgIpc) is 3.22. The molecule has 1 amide bonds. The van der Waals surface area contributed by atoms with E-state index in [0.717, 1.165) is 5.56 Å². The lowest BCUT2D eigenvalue weighted by atomic mass is 9.90. The zero-order chi connectivity index (χ0) is 15.4. The van der Waals surface area contributed by atoms with Gasteiger partial charge in [-0.25, -0.2) is 0 Å². The standard InChI is InChI=1S/C16H20ClNO3/c1-9(10-3-4-10)18-7-11-5-12(17)6-13(14(11)15(18)20)16(2,21)8-19/h5-6,9-10,19,21H,3-4,7-8H2,1-2H3/t9-,16?/m0/s1. The first-order chi connectivity index (χ1) is 9.85. The van der Waals surface area contributed by atoms with E-state index in [9.17, 15) is 15.0 Å². The highest BCUT2D eigenvalue weighted by atomic mass is 35.5. The minimum atomic E-state index is -1.47. The molecule has 3 rings (SSSR count). The molecule has 5 heteroatoms. The molecule has 0 spiro atoms. The lowest BCUT2D eigenvalue weighted by Crippen LogP contribution is -2.36. The Kier molecular flexibility index (Phi) is 3.51. The predicted octanol–water partition coefficient (Wildman–Crippen LogP) is 2.29. The molecule has 1 fully saturated rings. The van der Waals surface area contributed by atoms with Crippen molar-refractivity contribution in [2.45, 2.75) is 44.9 Å². The van der Waals surface area contributed by atoms with Gasteiger partial charge in [-0.05, 0) is 50.3 Å². The van der Waals surface area contributed by atoms with E-state index < -0.39 is 12.2 Å². The Balaban J connectivity index is 2.04. The number of fused-ring (bicyclic) bond motifs is 1. The molecule has 1 unspecified atom stereocenters. The second-order valence-electron chi connectivity index (χ2n) is 6.43. The van der Waals surface area contributed by atoms with Crippen LogP contribution in [0.2, 0.25) is 5.02 Å². The van der Waals surface area contributed by atoms with Crippen molar-refractivity contribution in [2.75, 3.05) is 6.61 Å². The summed E-state index contributed by atoms with van der Waals surface area (Å²) in [6.07, 6.45) is 2.34. The van der Waals surface area contributed by atoms with Crippen molar-refractivity contribution in [3.05, 3.63) is 33.8 Å². The van der Waals surface area contributed by atoms with Crippen LogP contribution in [0.5, 0.6) is 0 Å². The molecule has 114 valence electrons. The van der Waals surface area contributed by atoms with Crippen LogP contribution in [0.15, 0.2) is 12.1 Å². The van der Waals surface area contributed by atoms with Gasteiger partial charge >= 0.3 is 0 Å². The van der Waals surface area contributed by atoms with E-state index in [1.54, 1.807) is 12.1 Å². The van der Waals surface area contributed by atoms with E-state index in [-0.39, 0.29) is 11.9 Å². The summed E-state index contributed by atoms with van der Waals surface area (Å²) < 4.78 is 0. The van der Waals surface area contributed by atoms with E-state index in [2.05, 4.69) is 6.92 Å². The molecule has 0 radical (unpaired) electrons. The molecule has 1 aromatic rings. The number of halogens is 1. The summed E-state index contributed by atoms with van der Waals surface area (Å²) in [4.78, 5) is 14.6. The van der Waals surface area contributed by atoms with Crippen molar-refractivity contribution in [1.82, 2.24) is 4.90 Å². The van der Waals surface area contributed by atoms with Gasteiger partial charge in [-0.1, -0.05) is 11.6 Å². The number of aliphatic hydroxyl groups excluding tert-OH is 1. The van der Waals surface area contributed by atoms with E-state index in [1.165, 1.54) is 19.8 Å². The summed E-state index contributed by atoms with van der Waals surface area (Å²) in [5.74, 6) is 0.519. The molecule has 0 saturated heterocycles. The molecule has 1 aromatic carbocycles. The van der Waals surface area contributed by atoms with Crippen molar-refractivity contribution in [3.63, 3.8) is 0 Å². The minimum Gasteiger partial charge on any atom is -0.393 e. The smallest absolute Gasteiger partial charge is 0.255 e. The number of aliphatic hydroxyl groups is 2. The van der Waals surface area contributed by atoms with Crippen LogP contribution < -0.4 is 0 Å². The highest BCUT2D eigenvalue weighted by Gasteiger charge is 2.41. The van der Waals surface area contributed by atoms with Crippen LogP contribution in [0.3, 0.4) is 0 Å². The monoisotopic (exact) mass is 309 g/mol. The fourth-order valence-corrected chi connectivity index (χ4v) is 3.35. The molecule has 1 aliphatic carbocycles. The molecular weight excluding hydrogens is 290 g/mol. The third kappa shape index (κ3) is 2.45. The van der Waals surface area contributed by atoms with E-state index in [4.69, 9.17) is 11.6 Å². The molecule has 2 N–H and O–H groups in total. The van der Waals surface area contributed by atoms with Gasteiger partial charge in [0, 0.05) is 23.2 Å². The van der Waals surface area contributed by atoms with Crippen molar-refractivity contribution in [2.24, 2.45) is 5.92 Å². The van der Waals surface area contributed by atoms with Crippen molar-refractivity contribution >= 4 is 17.5 Å². The van der Waals surface area contributed by atoms with Gasteiger partial charge in [0.15, 0.2) is 0 Å². The van der Waals surface area contributed by atoms with Crippen LogP contribution in [0.25, 0.3) is 0 Å². The zero-order valence-electron chi connectivity index (χ0n) is 12.3. The summed E-state index contributed by atoms with van der Waals surface area (Å²) in [6.45, 7) is 3.65. The molecular formula is C16H20ClNO3. The Labute approximate surface area is 129 Å². The molecule has 4 nitrogen and oxygen atoms in total. The molecule has 2 atom stereocenters. The summed E-state index contributed by atoms with van der Waals surface area (Å²) in [6, 6.07) is 3.57. The Morgan fingerprint density at radius 1 is 1.48 bits per heavy atom. The van der Waals surface area contributed by atoms with Gasteiger partial charge in [-0.3, -0.25) is 4.79 Å². The van der Waals surface area contributed by atoms with Crippen LogP contribution in [0.4, 0.5) is 0 Å². The average molecular weight is 310 g/mol. The van der Waals surface area contributed by atoms with Gasteiger partial charge in [0.25, 0.3) is 5.91 Å². The maximum absolute atomic E-state index is 12.8. The highest BCUT2D eigenvalue weighted by Crippen LogP contribution is 2.41. The second-order valence-corrected chi connectivity index (χ2v) is 6.87. The first-order valence-electron chi connectivity index (χ1n) is 7.32. The number of rotatable bonds is 4. The molecule has 21 heavy (non-hydrogen) atoms.